The molecule has 5 heteroatoms. The topological polar surface area (TPSA) is 46.9 Å². The fourth-order valence-electron chi connectivity index (χ4n) is 3.31. The minimum absolute atomic E-state index is 0.0487. The number of nitrogens with one attached hydrogen (secondary N) is 1. The van der Waals surface area contributed by atoms with Crippen LogP contribution in [-0.4, -0.2) is 15.5 Å². The van der Waals surface area contributed by atoms with E-state index in [9.17, 15) is 4.79 Å². The Morgan fingerprint density at radius 2 is 2.14 bits per heavy atom. The van der Waals surface area contributed by atoms with Gasteiger partial charge < -0.3 is 5.32 Å². The summed E-state index contributed by atoms with van der Waals surface area (Å²) in [5.41, 5.74) is 3.98. The van der Waals surface area contributed by atoms with Gasteiger partial charge in [0.2, 0.25) is 0 Å². The molecule has 5 rings (SSSR count). The fraction of sp³-hybridized carbons (Fsp3) is 0.375. The van der Waals surface area contributed by atoms with E-state index in [1.54, 1.807) is 0 Å². The van der Waals surface area contributed by atoms with Crippen LogP contribution in [0.5, 0.6) is 0 Å². The zero-order chi connectivity index (χ0) is 14.2. The molecule has 2 aromatic rings. The highest BCUT2D eigenvalue weighted by atomic mass is 32.1. The number of aromatic nitrogens is 2. The summed E-state index contributed by atoms with van der Waals surface area (Å²) < 4.78 is 1.97. The highest BCUT2D eigenvalue weighted by Gasteiger charge is 2.52. The van der Waals surface area contributed by atoms with Crippen molar-refractivity contribution < 1.29 is 4.79 Å². The third kappa shape index (κ3) is 1.64. The van der Waals surface area contributed by atoms with E-state index in [-0.39, 0.29) is 11.4 Å². The normalized spacial score (nSPS) is 21.5. The van der Waals surface area contributed by atoms with Gasteiger partial charge in [-0.1, -0.05) is 6.07 Å². The zero-order valence-electron chi connectivity index (χ0n) is 11.5. The molecule has 1 aromatic heterocycles. The van der Waals surface area contributed by atoms with Crippen molar-refractivity contribution in [3.8, 4) is 5.69 Å². The Morgan fingerprint density at radius 3 is 2.86 bits per heavy atom. The summed E-state index contributed by atoms with van der Waals surface area (Å²) in [6, 6.07) is 6.12. The van der Waals surface area contributed by atoms with Crippen LogP contribution < -0.4 is 5.32 Å². The summed E-state index contributed by atoms with van der Waals surface area (Å²) in [6.45, 7) is 0. The minimum atomic E-state index is -0.0527. The van der Waals surface area contributed by atoms with Gasteiger partial charge in [0.1, 0.15) is 0 Å². The Kier molecular flexibility index (Phi) is 2.10. The number of thiol groups is 1. The van der Waals surface area contributed by atoms with Crippen molar-refractivity contribution in [2.45, 2.75) is 42.3 Å². The summed E-state index contributed by atoms with van der Waals surface area (Å²) in [5, 5.41) is 3.80. The van der Waals surface area contributed by atoms with Crippen LogP contribution in [0.1, 0.15) is 53.2 Å². The fourth-order valence-corrected chi connectivity index (χ4v) is 3.60. The van der Waals surface area contributed by atoms with E-state index in [2.05, 4.69) is 41.3 Å². The van der Waals surface area contributed by atoms with Gasteiger partial charge in [-0.3, -0.25) is 9.36 Å². The number of nitrogens with zero attached hydrogens (tertiary/aromatic N) is 2. The van der Waals surface area contributed by atoms with Crippen LogP contribution in [-0.2, 0) is 5.54 Å². The molecule has 1 amide bonds. The molecule has 4 nitrogen and oxygen atoms in total. The molecule has 0 atom stereocenters. The van der Waals surface area contributed by atoms with E-state index in [1.807, 2.05) is 10.6 Å². The molecule has 106 valence electrons. The average molecular weight is 297 g/mol. The molecule has 1 aromatic carbocycles. The Hall–Kier alpha value is -1.75. The summed E-state index contributed by atoms with van der Waals surface area (Å²) in [4.78, 5) is 16.7. The number of amides is 1. The Labute approximate surface area is 128 Å². The van der Waals surface area contributed by atoms with Crippen molar-refractivity contribution in [2.75, 3.05) is 0 Å². The van der Waals surface area contributed by atoms with Crippen LogP contribution in [0.4, 0.5) is 0 Å². The zero-order valence-corrected chi connectivity index (χ0v) is 12.4. The first-order valence-electron chi connectivity index (χ1n) is 7.42. The van der Waals surface area contributed by atoms with Crippen molar-refractivity contribution >= 4 is 18.5 Å². The summed E-state index contributed by atoms with van der Waals surface area (Å²) >= 11 is 4.48. The van der Waals surface area contributed by atoms with Gasteiger partial charge in [-0.05, 0) is 43.4 Å². The van der Waals surface area contributed by atoms with Gasteiger partial charge in [0.25, 0.3) is 5.91 Å². The predicted octanol–water partition coefficient (Wildman–Crippen LogP) is 2.77. The van der Waals surface area contributed by atoms with Crippen LogP contribution in [0.15, 0.2) is 29.6 Å². The molecule has 21 heavy (non-hydrogen) atoms. The number of rotatable bonds is 2. The van der Waals surface area contributed by atoms with E-state index in [0.29, 0.717) is 11.1 Å². The molecule has 1 N–H and O–H groups in total. The molecule has 0 radical (unpaired) electrons. The Balaban J connectivity index is 1.61. The number of hydrogen-bond donors (Lipinski definition) is 2. The lowest BCUT2D eigenvalue weighted by Crippen LogP contribution is -2.25. The lowest BCUT2D eigenvalue weighted by Gasteiger charge is -2.09. The molecular formula is C16H15N3OS. The number of carbonyl (C=O) groups is 1. The largest absolute Gasteiger partial charge is 0.342 e. The van der Waals surface area contributed by atoms with Crippen molar-refractivity contribution in [1.29, 1.82) is 0 Å². The van der Waals surface area contributed by atoms with E-state index in [4.69, 9.17) is 0 Å². The molecule has 2 aliphatic carbocycles. The quantitative estimate of drug-likeness (QED) is 0.837. The summed E-state index contributed by atoms with van der Waals surface area (Å²) in [7, 11) is 0. The molecule has 3 aliphatic rings. The Morgan fingerprint density at radius 1 is 1.33 bits per heavy atom. The molecule has 1 spiro atoms. The highest BCUT2D eigenvalue weighted by molar-refractivity contribution is 7.80. The SMILES string of the molecule is O=C1NC2(CC2)c2ccc(-n3cc(C4CC4)nc3S)cc21. The second-order valence-corrected chi connectivity index (χ2v) is 6.78. The maximum absolute atomic E-state index is 12.2. The first kappa shape index (κ1) is 11.9. The van der Waals surface area contributed by atoms with Crippen molar-refractivity contribution in [1.82, 2.24) is 14.9 Å². The van der Waals surface area contributed by atoms with Crippen LogP contribution in [0.3, 0.4) is 0 Å². The maximum atomic E-state index is 12.2. The van der Waals surface area contributed by atoms with Gasteiger partial charge in [-0.2, -0.15) is 0 Å². The number of carbonyl (C=O) groups excluding carboxylic acids is 1. The Bertz CT molecular complexity index is 787. The lowest BCUT2D eigenvalue weighted by atomic mass is 10.0. The van der Waals surface area contributed by atoms with E-state index in [0.717, 1.165) is 35.3 Å². The molecule has 1 aliphatic heterocycles. The van der Waals surface area contributed by atoms with Crippen molar-refractivity contribution in [2.24, 2.45) is 0 Å². The molecule has 0 saturated heterocycles. The number of fused-ring (bicyclic) bond motifs is 2. The van der Waals surface area contributed by atoms with Crippen LogP contribution >= 0.6 is 12.6 Å². The molecule has 2 fully saturated rings. The van der Waals surface area contributed by atoms with Gasteiger partial charge in [0, 0.05) is 23.4 Å². The first-order chi connectivity index (χ1) is 10.2. The third-order valence-corrected chi connectivity index (χ3v) is 5.16. The molecular weight excluding hydrogens is 282 g/mol. The van der Waals surface area contributed by atoms with Gasteiger partial charge in [0.15, 0.2) is 5.16 Å². The number of benzene rings is 1. The summed E-state index contributed by atoms with van der Waals surface area (Å²) in [6.07, 6.45) is 6.61. The maximum Gasteiger partial charge on any atom is 0.252 e. The molecule has 0 unspecified atom stereocenters. The van der Waals surface area contributed by atoms with E-state index in [1.165, 1.54) is 12.8 Å². The average Bonchev–Trinajstić information content (AvgIpc) is 3.38. The van der Waals surface area contributed by atoms with Crippen molar-refractivity contribution in [3.63, 3.8) is 0 Å². The monoisotopic (exact) mass is 297 g/mol. The number of imidazole rings is 1. The van der Waals surface area contributed by atoms with Gasteiger partial charge in [-0.15, -0.1) is 12.6 Å². The molecule has 2 saturated carbocycles. The third-order valence-electron chi connectivity index (χ3n) is 4.85. The highest BCUT2D eigenvalue weighted by Crippen LogP contribution is 2.50. The van der Waals surface area contributed by atoms with Gasteiger partial charge >= 0.3 is 0 Å². The smallest absolute Gasteiger partial charge is 0.252 e. The number of hydrogen-bond acceptors (Lipinski definition) is 3. The van der Waals surface area contributed by atoms with Crippen LogP contribution in [0.2, 0.25) is 0 Å². The van der Waals surface area contributed by atoms with Crippen LogP contribution in [0.25, 0.3) is 5.69 Å². The first-order valence-corrected chi connectivity index (χ1v) is 7.87. The standard InChI is InChI=1S/C16H15N3OS/c20-14-11-7-10(3-4-12(11)16(18-14)5-6-16)19-8-13(9-1-2-9)17-15(19)21/h3-4,7-9H,1-2,5-6H2,(H,17,21)(H,18,20). The van der Waals surface area contributed by atoms with E-state index < -0.39 is 0 Å². The van der Waals surface area contributed by atoms with Gasteiger partial charge in [-0.25, -0.2) is 4.98 Å². The van der Waals surface area contributed by atoms with Crippen molar-refractivity contribution in [3.05, 3.63) is 41.2 Å². The van der Waals surface area contributed by atoms with E-state index >= 15 is 0 Å². The second kappa shape index (κ2) is 3.71. The summed E-state index contributed by atoms with van der Waals surface area (Å²) in [5.74, 6) is 0.650. The molecule has 2 heterocycles. The lowest BCUT2D eigenvalue weighted by molar-refractivity contribution is 0.0952. The minimum Gasteiger partial charge on any atom is -0.342 e. The second-order valence-electron chi connectivity index (χ2n) is 6.38. The van der Waals surface area contributed by atoms with Crippen LogP contribution in [0, 0.1) is 0 Å². The molecule has 0 bridgehead atoms. The predicted molar refractivity (Wildman–Crippen MR) is 81.2 cm³/mol. The van der Waals surface area contributed by atoms with Gasteiger partial charge in [0.05, 0.1) is 11.2 Å².